The lowest BCUT2D eigenvalue weighted by molar-refractivity contribution is 0.0852. The van der Waals surface area contributed by atoms with Crippen LogP contribution in [-0.4, -0.2) is 32.7 Å². The molecule has 0 saturated heterocycles. The van der Waals surface area contributed by atoms with E-state index < -0.39 is 6.10 Å². The van der Waals surface area contributed by atoms with Crippen LogP contribution in [0.25, 0.3) is 5.69 Å². The zero-order valence-corrected chi connectivity index (χ0v) is 14.0. The Kier molecular flexibility index (Phi) is 5.26. The molecule has 1 heterocycles. The Morgan fingerprint density at radius 2 is 1.88 bits per heavy atom. The molecule has 0 aliphatic carbocycles. The zero-order chi connectivity index (χ0) is 17.6. The molecule has 3 rings (SSSR count). The molecule has 2 atom stereocenters. The van der Waals surface area contributed by atoms with E-state index in [-0.39, 0.29) is 11.9 Å². The molecule has 128 valence electrons. The van der Waals surface area contributed by atoms with Gasteiger partial charge in [-0.25, -0.2) is 4.98 Å². The Morgan fingerprint density at radius 1 is 1.16 bits per heavy atom. The summed E-state index contributed by atoms with van der Waals surface area (Å²) in [7, 11) is 0. The number of rotatable bonds is 6. The van der Waals surface area contributed by atoms with Crippen LogP contribution in [0.2, 0.25) is 0 Å². The van der Waals surface area contributed by atoms with Gasteiger partial charge in [-0.05, 0) is 36.8 Å². The van der Waals surface area contributed by atoms with Gasteiger partial charge in [-0.2, -0.15) is 0 Å². The Labute approximate surface area is 147 Å². The molecule has 0 bridgehead atoms. The number of aromatic nitrogens is 2. The Balaban J connectivity index is 1.59. The van der Waals surface area contributed by atoms with E-state index in [1.807, 2.05) is 60.2 Å². The van der Waals surface area contributed by atoms with Gasteiger partial charge in [-0.15, -0.1) is 0 Å². The number of aliphatic hydroxyl groups excluding tert-OH is 1. The van der Waals surface area contributed by atoms with Crippen molar-refractivity contribution in [1.29, 1.82) is 0 Å². The first kappa shape index (κ1) is 16.9. The van der Waals surface area contributed by atoms with E-state index in [4.69, 9.17) is 0 Å². The fraction of sp³-hybridized carbons (Fsp3) is 0.200. The molecule has 2 unspecified atom stereocenters. The van der Waals surface area contributed by atoms with E-state index in [9.17, 15) is 9.90 Å². The van der Waals surface area contributed by atoms with Crippen LogP contribution in [0, 0.1) is 0 Å². The van der Waals surface area contributed by atoms with Crippen LogP contribution in [0.15, 0.2) is 73.3 Å². The smallest absolute Gasteiger partial charge is 0.251 e. The number of hydrogen-bond donors (Lipinski definition) is 2. The maximum atomic E-state index is 12.4. The highest BCUT2D eigenvalue weighted by Crippen LogP contribution is 2.11. The summed E-state index contributed by atoms with van der Waals surface area (Å²) in [6.45, 7) is 1.81. The zero-order valence-electron chi connectivity index (χ0n) is 14.0. The standard InChI is InChI=1S/C20H21N3O2/c1-15(19(24)13-16-5-3-2-4-6-16)22-20(25)17-7-9-18(10-8-17)23-12-11-21-14-23/h2-12,14-15,19,24H,13H2,1H3,(H,22,25). The maximum Gasteiger partial charge on any atom is 0.251 e. The van der Waals surface area contributed by atoms with Crippen molar-refractivity contribution >= 4 is 5.91 Å². The predicted molar refractivity (Wildman–Crippen MR) is 96.6 cm³/mol. The van der Waals surface area contributed by atoms with Crippen molar-refractivity contribution in [3.05, 3.63) is 84.4 Å². The summed E-state index contributed by atoms with van der Waals surface area (Å²) >= 11 is 0. The Bertz CT molecular complexity index is 799. The largest absolute Gasteiger partial charge is 0.391 e. The summed E-state index contributed by atoms with van der Waals surface area (Å²) in [5.74, 6) is -0.197. The topological polar surface area (TPSA) is 67.2 Å². The van der Waals surface area contributed by atoms with Crippen molar-refractivity contribution < 1.29 is 9.90 Å². The molecule has 5 nitrogen and oxygen atoms in total. The highest BCUT2D eigenvalue weighted by atomic mass is 16.3. The van der Waals surface area contributed by atoms with Gasteiger partial charge in [-0.1, -0.05) is 30.3 Å². The molecule has 2 N–H and O–H groups in total. The molecule has 2 aromatic carbocycles. The summed E-state index contributed by atoms with van der Waals surface area (Å²) in [5, 5.41) is 13.2. The van der Waals surface area contributed by atoms with Crippen molar-refractivity contribution in [1.82, 2.24) is 14.9 Å². The first-order valence-electron chi connectivity index (χ1n) is 8.25. The van der Waals surface area contributed by atoms with Gasteiger partial charge < -0.3 is 15.0 Å². The van der Waals surface area contributed by atoms with Gasteiger partial charge in [0.15, 0.2) is 0 Å². The van der Waals surface area contributed by atoms with E-state index >= 15 is 0 Å². The number of carbonyl (C=O) groups is 1. The lowest BCUT2D eigenvalue weighted by Crippen LogP contribution is -2.42. The molecule has 1 amide bonds. The number of benzene rings is 2. The molecule has 5 heteroatoms. The predicted octanol–water partition coefficient (Wildman–Crippen LogP) is 2.59. The molecule has 0 aliphatic heterocycles. The van der Waals surface area contributed by atoms with Crippen LogP contribution >= 0.6 is 0 Å². The fourth-order valence-electron chi connectivity index (χ4n) is 2.62. The van der Waals surface area contributed by atoms with Crippen molar-refractivity contribution in [3.63, 3.8) is 0 Å². The second kappa shape index (κ2) is 7.77. The highest BCUT2D eigenvalue weighted by Gasteiger charge is 2.18. The molecule has 0 aliphatic rings. The molecule has 25 heavy (non-hydrogen) atoms. The average molecular weight is 335 g/mol. The van der Waals surface area contributed by atoms with Gasteiger partial charge in [0.25, 0.3) is 5.91 Å². The minimum atomic E-state index is -0.642. The van der Waals surface area contributed by atoms with Gasteiger partial charge in [0, 0.05) is 30.1 Å². The lowest BCUT2D eigenvalue weighted by atomic mass is 10.0. The van der Waals surface area contributed by atoms with Gasteiger partial charge in [0.2, 0.25) is 0 Å². The van der Waals surface area contributed by atoms with Gasteiger partial charge in [0.05, 0.1) is 18.5 Å². The molecule has 0 fully saturated rings. The minimum Gasteiger partial charge on any atom is -0.391 e. The summed E-state index contributed by atoms with van der Waals surface area (Å²) in [4.78, 5) is 16.4. The molecule has 0 radical (unpaired) electrons. The van der Waals surface area contributed by atoms with Crippen LogP contribution in [0.1, 0.15) is 22.8 Å². The van der Waals surface area contributed by atoms with Crippen LogP contribution in [-0.2, 0) is 6.42 Å². The molecular formula is C20H21N3O2. The Morgan fingerprint density at radius 3 is 2.52 bits per heavy atom. The first-order chi connectivity index (χ1) is 12.1. The third kappa shape index (κ3) is 4.33. The molecule has 0 spiro atoms. The van der Waals surface area contributed by atoms with Crippen LogP contribution in [0.4, 0.5) is 0 Å². The normalized spacial score (nSPS) is 13.2. The number of imidazole rings is 1. The van der Waals surface area contributed by atoms with Gasteiger partial charge in [-0.3, -0.25) is 4.79 Å². The summed E-state index contributed by atoms with van der Waals surface area (Å²) in [6, 6.07) is 16.7. The highest BCUT2D eigenvalue weighted by molar-refractivity contribution is 5.94. The average Bonchev–Trinajstić information content (AvgIpc) is 3.17. The SMILES string of the molecule is CC(NC(=O)c1ccc(-n2ccnc2)cc1)C(O)Cc1ccccc1. The van der Waals surface area contributed by atoms with Crippen molar-refractivity contribution in [2.24, 2.45) is 0 Å². The third-order valence-corrected chi connectivity index (χ3v) is 4.16. The summed E-state index contributed by atoms with van der Waals surface area (Å²) < 4.78 is 1.87. The molecule has 0 saturated carbocycles. The lowest BCUT2D eigenvalue weighted by Gasteiger charge is -2.20. The fourth-order valence-corrected chi connectivity index (χ4v) is 2.62. The third-order valence-electron chi connectivity index (χ3n) is 4.16. The van der Waals surface area contributed by atoms with Crippen LogP contribution < -0.4 is 5.32 Å². The van der Waals surface area contributed by atoms with Gasteiger partial charge >= 0.3 is 0 Å². The number of carbonyl (C=O) groups excluding carboxylic acids is 1. The number of amides is 1. The van der Waals surface area contributed by atoms with E-state index in [2.05, 4.69) is 10.3 Å². The van der Waals surface area contributed by atoms with E-state index in [0.717, 1.165) is 11.3 Å². The van der Waals surface area contributed by atoms with E-state index in [1.54, 1.807) is 24.7 Å². The molecule has 3 aromatic rings. The van der Waals surface area contributed by atoms with E-state index in [0.29, 0.717) is 12.0 Å². The Hall–Kier alpha value is -2.92. The van der Waals surface area contributed by atoms with Crippen molar-refractivity contribution in [2.75, 3.05) is 0 Å². The summed E-state index contributed by atoms with van der Waals surface area (Å²) in [6.07, 6.45) is 5.11. The minimum absolute atomic E-state index is 0.197. The van der Waals surface area contributed by atoms with Gasteiger partial charge in [0.1, 0.15) is 0 Å². The quantitative estimate of drug-likeness (QED) is 0.728. The van der Waals surface area contributed by atoms with Crippen molar-refractivity contribution in [2.45, 2.75) is 25.5 Å². The van der Waals surface area contributed by atoms with E-state index in [1.165, 1.54) is 0 Å². The van der Waals surface area contributed by atoms with Crippen molar-refractivity contribution in [3.8, 4) is 5.69 Å². The second-order valence-corrected chi connectivity index (χ2v) is 6.04. The number of nitrogens with one attached hydrogen (secondary N) is 1. The van der Waals surface area contributed by atoms with Crippen LogP contribution in [0.3, 0.4) is 0 Å². The monoisotopic (exact) mass is 335 g/mol. The number of nitrogens with zero attached hydrogens (tertiary/aromatic N) is 2. The molecule has 1 aromatic heterocycles. The molecular weight excluding hydrogens is 314 g/mol. The number of aliphatic hydroxyl groups is 1. The number of hydrogen-bond acceptors (Lipinski definition) is 3. The summed E-state index contributed by atoms with van der Waals surface area (Å²) in [5.41, 5.74) is 2.54. The maximum absolute atomic E-state index is 12.4. The van der Waals surface area contributed by atoms with Crippen LogP contribution in [0.5, 0.6) is 0 Å². The second-order valence-electron chi connectivity index (χ2n) is 6.04. The first-order valence-corrected chi connectivity index (χ1v) is 8.25.